The maximum absolute atomic E-state index is 4.12. The van der Waals surface area contributed by atoms with Crippen molar-refractivity contribution >= 4 is 6.21 Å². The topological polar surface area (TPSA) is 24.4 Å². The van der Waals surface area contributed by atoms with Gasteiger partial charge in [-0.15, -0.1) is 0 Å². The van der Waals surface area contributed by atoms with Crippen molar-refractivity contribution in [3.05, 3.63) is 35.9 Å². The van der Waals surface area contributed by atoms with Crippen LogP contribution < -0.4 is 5.32 Å². The lowest BCUT2D eigenvalue weighted by Crippen LogP contribution is -2.25. The van der Waals surface area contributed by atoms with Crippen molar-refractivity contribution in [2.45, 2.75) is 12.5 Å². The van der Waals surface area contributed by atoms with Crippen LogP contribution in [-0.2, 0) is 0 Å². The maximum Gasteiger partial charge on any atom is 0.0885 e. The second-order valence-corrected chi connectivity index (χ2v) is 2.93. The molecule has 62 valence electrons. The molecule has 1 aliphatic heterocycles. The smallest absolute Gasteiger partial charge is 0.0885 e. The third-order valence-corrected chi connectivity index (χ3v) is 2.10. The van der Waals surface area contributed by atoms with Crippen molar-refractivity contribution in [1.82, 2.24) is 5.32 Å². The Morgan fingerprint density at radius 2 is 2.08 bits per heavy atom. The molecule has 0 saturated carbocycles. The first-order valence-electron chi connectivity index (χ1n) is 4.23. The van der Waals surface area contributed by atoms with Gasteiger partial charge in [0.1, 0.15) is 0 Å². The largest absolute Gasteiger partial charge is 0.291 e. The van der Waals surface area contributed by atoms with Gasteiger partial charge < -0.3 is 0 Å². The number of hydrogen-bond donors (Lipinski definition) is 1. The van der Waals surface area contributed by atoms with Crippen LogP contribution in [0.2, 0.25) is 0 Å². The molecule has 0 aromatic heterocycles. The summed E-state index contributed by atoms with van der Waals surface area (Å²) in [5.41, 5.74) is 1.35. The summed E-state index contributed by atoms with van der Waals surface area (Å²) < 4.78 is 0. The Balaban J connectivity index is 2.15. The molecule has 0 saturated heterocycles. The quantitative estimate of drug-likeness (QED) is 0.665. The third kappa shape index (κ3) is 1.53. The molecule has 2 rings (SSSR count). The lowest BCUT2D eigenvalue weighted by molar-refractivity contribution is 0.545. The van der Waals surface area contributed by atoms with E-state index in [9.17, 15) is 0 Å². The van der Waals surface area contributed by atoms with E-state index in [2.05, 4.69) is 34.6 Å². The van der Waals surface area contributed by atoms with Crippen LogP contribution >= 0.6 is 0 Å². The zero-order chi connectivity index (χ0) is 8.23. The van der Waals surface area contributed by atoms with E-state index in [1.54, 1.807) is 0 Å². The van der Waals surface area contributed by atoms with Crippen molar-refractivity contribution in [2.24, 2.45) is 4.99 Å². The van der Waals surface area contributed by atoms with E-state index in [-0.39, 0.29) is 0 Å². The molecule has 0 bridgehead atoms. The molecule has 0 fully saturated rings. The Morgan fingerprint density at radius 3 is 2.75 bits per heavy atom. The van der Waals surface area contributed by atoms with Gasteiger partial charge in [-0.05, 0) is 5.56 Å². The Morgan fingerprint density at radius 1 is 1.25 bits per heavy atom. The molecule has 1 aromatic rings. The molecule has 0 spiro atoms. The highest BCUT2D eigenvalue weighted by Gasteiger charge is 2.10. The van der Waals surface area contributed by atoms with Crippen LogP contribution in [0, 0.1) is 0 Å². The van der Waals surface area contributed by atoms with Gasteiger partial charge in [0, 0.05) is 18.7 Å². The fourth-order valence-electron chi connectivity index (χ4n) is 1.43. The van der Waals surface area contributed by atoms with Crippen LogP contribution in [0.1, 0.15) is 18.0 Å². The van der Waals surface area contributed by atoms with Gasteiger partial charge in [0.2, 0.25) is 0 Å². The minimum absolute atomic E-state index is 0.462. The van der Waals surface area contributed by atoms with Gasteiger partial charge in [0.25, 0.3) is 0 Å². The minimum Gasteiger partial charge on any atom is -0.291 e. The standard InChI is InChI=1S/C10H12N2/c1-2-4-9(5-3-1)10-6-7-11-8-12-10/h1-5,7,10,12H,6,8H2. The molecule has 1 heterocycles. The first-order valence-corrected chi connectivity index (χ1v) is 4.23. The number of nitrogens with one attached hydrogen (secondary N) is 1. The summed E-state index contributed by atoms with van der Waals surface area (Å²) in [4.78, 5) is 4.12. The lowest BCUT2D eigenvalue weighted by atomic mass is 10.0. The van der Waals surface area contributed by atoms with Crippen LogP contribution in [0.4, 0.5) is 0 Å². The summed E-state index contributed by atoms with van der Waals surface area (Å²) in [7, 11) is 0. The molecule has 0 aliphatic carbocycles. The van der Waals surface area contributed by atoms with Crippen LogP contribution in [0.3, 0.4) is 0 Å². The second-order valence-electron chi connectivity index (χ2n) is 2.93. The molecule has 1 atom stereocenters. The zero-order valence-corrected chi connectivity index (χ0v) is 6.90. The average molecular weight is 160 g/mol. The van der Waals surface area contributed by atoms with Crippen LogP contribution in [0.5, 0.6) is 0 Å². The predicted octanol–water partition coefficient (Wildman–Crippen LogP) is 1.75. The van der Waals surface area contributed by atoms with E-state index in [0.717, 1.165) is 13.1 Å². The van der Waals surface area contributed by atoms with Crippen molar-refractivity contribution < 1.29 is 0 Å². The summed E-state index contributed by atoms with van der Waals surface area (Å²) in [6.07, 6.45) is 3.00. The summed E-state index contributed by atoms with van der Waals surface area (Å²) in [5, 5.41) is 3.34. The fourth-order valence-corrected chi connectivity index (χ4v) is 1.43. The lowest BCUT2D eigenvalue weighted by Gasteiger charge is -2.19. The molecule has 0 amide bonds. The number of benzene rings is 1. The monoisotopic (exact) mass is 160 g/mol. The van der Waals surface area contributed by atoms with E-state index in [1.165, 1.54) is 5.56 Å². The molecule has 1 aliphatic rings. The molecule has 1 aromatic carbocycles. The van der Waals surface area contributed by atoms with E-state index >= 15 is 0 Å². The number of aliphatic imine (C=N–C) groups is 1. The molecular formula is C10H12N2. The van der Waals surface area contributed by atoms with Crippen LogP contribution in [-0.4, -0.2) is 12.9 Å². The molecule has 12 heavy (non-hydrogen) atoms. The molecule has 1 unspecified atom stereocenters. The van der Waals surface area contributed by atoms with Gasteiger partial charge >= 0.3 is 0 Å². The second kappa shape index (κ2) is 3.50. The molecule has 0 radical (unpaired) electrons. The number of nitrogens with zero attached hydrogens (tertiary/aromatic N) is 1. The Hall–Kier alpha value is -1.15. The Labute approximate surface area is 72.3 Å². The van der Waals surface area contributed by atoms with Crippen LogP contribution in [0.15, 0.2) is 35.3 Å². The molecule has 1 N–H and O–H groups in total. The van der Waals surface area contributed by atoms with Crippen molar-refractivity contribution in [1.29, 1.82) is 0 Å². The molecule has 2 heteroatoms. The fraction of sp³-hybridized carbons (Fsp3) is 0.300. The Bertz CT molecular complexity index is 266. The maximum atomic E-state index is 4.12. The highest BCUT2D eigenvalue weighted by Crippen LogP contribution is 2.16. The third-order valence-electron chi connectivity index (χ3n) is 2.10. The van der Waals surface area contributed by atoms with E-state index < -0.39 is 0 Å². The highest BCUT2D eigenvalue weighted by atomic mass is 15.0. The normalized spacial score (nSPS) is 22.5. The zero-order valence-electron chi connectivity index (χ0n) is 6.90. The van der Waals surface area contributed by atoms with E-state index in [1.807, 2.05) is 12.3 Å². The van der Waals surface area contributed by atoms with Gasteiger partial charge in [-0.3, -0.25) is 10.3 Å². The highest BCUT2D eigenvalue weighted by molar-refractivity contribution is 5.59. The Kier molecular flexibility index (Phi) is 2.19. The van der Waals surface area contributed by atoms with Gasteiger partial charge in [-0.1, -0.05) is 30.3 Å². The number of rotatable bonds is 1. The van der Waals surface area contributed by atoms with Crippen molar-refractivity contribution in [3.63, 3.8) is 0 Å². The van der Waals surface area contributed by atoms with Crippen molar-refractivity contribution in [2.75, 3.05) is 6.67 Å². The predicted molar refractivity (Wildman–Crippen MR) is 50.3 cm³/mol. The SMILES string of the molecule is C1=NCNC(c2ccccc2)C1. The average Bonchev–Trinajstić information content (AvgIpc) is 2.21. The van der Waals surface area contributed by atoms with E-state index in [4.69, 9.17) is 0 Å². The van der Waals surface area contributed by atoms with Gasteiger partial charge in [0.05, 0.1) is 6.67 Å². The molecule has 2 nitrogen and oxygen atoms in total. The molecular weight excluding hydrogens is 148 g/mol. The first-order chi connectivity index (χ1) is 5.97. The summed E-state index contributed by atoms with van der Waals surface area (Å²) in [6, 6.07) is 10.9. The summed E-state index contributed by atoms with van der Waals surface area (Å²) >= 11 is 0. The van der Waals surface area contributed by atoms with Gasteiger partial charge in [0.15, 0.2) is 0 Å². The first kappa shape index (κ1) is 7.50. The van der Waals surface area contributed by atoms with Crippen molar-refractivity contribution in [3.8, 4) is 0 Å². The van der Waals surface area contributed by atoms with E-state index in [0.29, 0.717) is 6.04 Å². The van der Waals surface area contributed by atoms with Gasteiger partial charge in [-0.25, -0.2) is 0 Å². The summed E-state index contributed by atoms with van der Waals surface area (Å²) in [6.45, 7) is 0.750. The minimum atomic E-state index is 0.462. The number of hydrogen-bond acceptors (Lipinski definition) is 2. The summed E-state index contributed by atoms with van der Waals surface area (Å²) in [5.74, 6) is 0. The van der Waals surface area contributed by atoms with Gasteiger partial charge in [-0.2, -0.15) is 0 Å². The van der Waals surface area contributed by atoms with Crippen LogP contribution in [0.25, 0.3) is 0 Å².